The first-order valence-electron chi connectivity index (χ1n) is 5.72. The van der Waals surface area contributed by atoms with Gasteiger partial charge in [-0.05, 0) is 50.5 Å². The summed E-state index contributed by atoms with van der Waals surface area (Å²) in [5.74, 6) is -0.684. The van der Waals surface area contributed by atoms with Gasteiger partial charge in [-0.25, -0.2) is 4.39 Å². The van der Waals surface area contributed by atoms with Crippen LogP contribution in [0.3, 0.4) is 0 Å². The van der Waals surface area contributed by atoms with E-state index in [0.717, 1.165) is 5.56 Å². The van der Waals surface area contributed by atoms with E-state index >= 15 is 0 Å². The van der Waals surface area contributed by atoms with Gasteiger partial charge in [0, 0.05) is 18.2 Å². The number of benzene rings is 1. The van der Waals surface area contributed by atoms with Crippen LogP contribution in [0.4, 0.5) is 4.39 Å². The average Bonchev–Trinajstić information content (AvgIpc) is 2.25. The smallest absolute Gasteiger partial charge is 0.251 e. The SMILES string of the molecule is Cc1cc(F)cc(C(=O)NC(C)CCCO)c1. The highest BCUT2D eigenvalue weighted by Crippen LogP contribution is 2.09. The van der Waals surface area contributed by atoms with E-state index in [-0.39, 0.29) is 18.6 Å². The van der Waals surface area contributed by atoms with Crippen LogP contribution in [0.1, 0.15) is 35.7 Å². The van der Waals surface area contributed by atoms with Crippen LogP contribution in [0.5, 0.6) is 0 Å². The highest BCUT2D eigenvalue weighted by Gasteiger charge is 2.10. The fourth-order valence-electron chi connectivity index (χ4n) is 1.64. The van der Waals surface area contributed by atoms with Crippen molar-refractivity contribution in [2.24, 2.45) is 0 Å². The first-order chi connectivity index (χ1) is 8.02. The first kappa shape index (κ1) is 13.6. The minimum absolute atomic E-state index is 0.0294. The second-order valence-electron chi connectivity index (χ2n) is 4.26. The lowest BCUT2D eigenvalue weighted by molar-refractivity contribution is 0.0936. The molecule has 3 nitrogen and oxygen atoms in total. The third-order valence-electron chi connectivity index (χ3n) is 2.48. The van der Waals surface area contributed by atoms with Crippen LogP contribution in [-0.2, 0) is 0 Å². The summed E-state index contributed by atoms with van der Waals surface area (Å²) in [4.78, 5) is 11.8. The molecule has 2 N–H and O–H groups in total. The van der Waals surface area contributed by atoms with Crippen LogP contribution in [-0.4, -0.2) is 23.7 Å². The van der Waals surface area contributed by atoms with Crippen molar-refractivity contribution in [2.45, 2.75) is 32.7 Å². The molecule has 1 atom stereocenters. The molecule has 1 amide bonds. The number of nitrogens with one attached hydrogen (secondary N) is 1. The van der Waals surface area contributed by atoms with Crippen LogP contribution in [0.15, 0.2) is 18.2 Å². The van der Waals surface area contributed by atoms with Crippen LogP contribution in [0.25, 0.3) is 0 Å². The van der Waals surface area contributed by atoms with E-state index in [1.807, 2.05) is 6.92 Å². The standard InChI is InChI=1S/C13H18FNO2/c1-9-6-11(8-12(14)7-9)13(17)15-10(2)4-3-5-16/h6-8,10,16H,3-5H2,1-2H3,(H,15,17). The zero-order valence-corrected chi connectivity index (χ0v) is 10.2. The van der Waals surface area contributed by atoms with Crippen LogP contribution < -0.4 is 5.32 Å². The third kappa shape index (κ3) is 4.53. The predicted molar refractivity (Wildman–Crippen MR) is 64.4 cm³/mol. The van der Waals surface area contributed by atoms with Gasteiger partial charge < -0.3 is 10.4 Å². The van der Waals surface area contributed by atoms with E-state index in [4.69, 9.17) is 5.11 Å². The monoisotopic (exact) mass is 239 g/mol. The molecule has 1 aromatic rings. The molecule has 0 aromatic heterocycles. The van der Waals surface area contributed by atoms with E-state index in [2.05, 4.69) is 5.32 Å². The molecule has 0 saturated heterocycles. The molecule has 1 unspecified atom stereocenters. The largest absolute Gasteiger partial charge is 0.396 e. The van der Waals surface area contributed by atoms with Crippen molar-refractivity contribution in [3.8, 4) is 0 Å². The predicted octanol–water partition coefficient (Wildman–Crippen LogP) is 2.02. The molecular formula is C13H18FNO2. The Morgan fingerprint density at radius 3 is 2.76 bits per heavy atom. The number of hydrogen-bond acceptors (Lipinski definition) is 2. The van der Waals surface area contributed by atoms with Crippen molar-refractivity contribution in [2.75, 3.05) is 6.61 Å². The lowest BCUT2D eigenvalue weighted by Crippen LogP contribution is -2.32. The lowest BCUT2D eigenvalue weighted by atomic mass is 10.1. The molecule has 0 aliphatic rings. The van der Waals surface area contributed by atoms with Crippen molar-refractivity contribution in [3.63, 3.8) is 0 Å². The maximum Gasteiger partial charge on any atom is 0.251 e. The summed E-state index contributed by atoms with van der Waals surface area (Å²) in [5, 5.41) is 11.4. The minimum Gasteiger partial charge on any atom is -0.396 e. The van der Waals surface area contributed by atoms with Gasteiger partial charge in [0.1, 0.15) is 5.82 Å². The zero-order valence-electron chi connectivity index (χ0n) is 10.2. The Balaban J connectivity index is 2.63. The zero-order chi connectivity index (χ0) is 12.8. The van der Waals surface area contributed by atoms with Crippen molar-refractivity contribution in [1.29, 1.82) is 0 Å². The fraction of sp³-hybridized carbons (Fsp3) is 0.462. The lowest BCUT2D eigenvalue weighted by Gasteiger charge is -2.13. The third-order valence-corrected chi connectivity index (χ3v) is 2.48. The van der Waals surface area contributed by atoms with Gasteiger partial charge in [-0.2, -0.15) is 0 Å². The molecular weight excluding hydrogens is 221 g/mol. The number of hydrogen-bond donors (Lipinski definition) is 2. The fourth-order valence-corrected chi connectivity index (χ4v) is 1.64. The highest BCUT2D eigenvalue weighted by atomic mass is 19.1. The number of aliphatic hydroxyl groups excluding tert-OH is 1. The summed E-state index contributed by atoms with van der Waals surface area (Å²) in [7, 11) is 0. The number of carbonyl (C=O) groups excluding carboxylic acids is 1. The Bertz CT molecular complexity index is 373. The molecule has 0 heterocycles. The van der Waals surface area contributed by atoms with E-state index in [1.165, 1.54) is 12.1 Å². The molecule has 0 aliphatic carbocycles. The second-order valence-corrected chi connectivity index (χ2v) is 4.26. The maximum absolute atomic E-state index is 13.1. The Hall–Kier alpha value is -1.42. The van der Waals surface area contributed by atoms with Gasteiger partial charge >= 0.3 is 0 Å². The Morgan fingerprint density at radius 2 is 2.18 bits per heavy atom. The number of halogens is 1. The highest BCUT2D eigenvalue weighted by molar-refractivity contribution is 5.94. The van der Waals surface area contributed by atoms with Gasteiger partial charge in [0.25, 0.3) is 5.91 Å². The molecule has 1 aromatic carbocycles. The number of rotatable bonds is 5. The molecule has 0 spiro atoms. The second kappa shape index (κ2) is 6.35. The van der Waals surface area contributed by atoms with Crippen molar-refractivity contribution >= 4 is 5.91 Å². The molecule has 0 radical (unpaired) electrons. The Morgan fingerprint density at radius 1 is 1.47 bits per heavy atom. The van der Waals surface area contributed by atoms with Gasteiger partial charge in [-0.3, -0.25) is 4.79 Å². The van der Waals surface area contributed by atoms with E-state index in [9.17, 15) is 9.18 Å². The summed E-state index contributed by atoms with van der Waals surface area (Å²) < 4.78 is 13.1. The van der Waals surface area contributed by atoms with Crippen molar-refractivity contribution in [1.82, 2.24) is 5.32 Å². The van der Waals surface area contributed by atoms with Crippen molar-refractivity contribution in [3.05, 3.63) is 35.1 Å². The quantitative estimate of drug-likeness (QED) is 0.826. The molecule has 4 heteroatoms. The summed E-state index contributed by atoms with van der Waals surface area (Å²) in [6.07, 6.45) is 1.35. The molecule has 0 aliphatic heterocycles. The molecule has 0 bridgehead atoms. The summed E-state index contributed by atoms with van der Waals surface area (Å²) in [6.45, 7) is 3.72. The molecule has 0 saturated carbocycles. The van der Waals surface area contributed by atoms with E-state index in [0.29, 0.717) is 18.4 Å². The summed E-state index contributed by atoms with van der Waals surface area (Å²) >= 11 is 0. The number of amides is 1. The van der Waals surface area contributed by atoms with Gasteiger partial charge in [0.05, 0.1) is 0 Å². The number of aliphatic hydroxyl groups is 1. The molecule has 17 heavy (non-hydrogen) atoms. The van der Waals surface area contributed by atoms with Gasteiger partial charge in [0.2, 0.25) is 0 Å². The number of carbonyl (C=O) groups is 1. The van der Waals surface area contributed by atoms with E-state index < -0.39 is 5.82 Å². The van der Waals surface area contributed by atoms with Crippen LogP contribution >= 0.6 is 0 Å². The van der Waals surface area contributed by atoms with Crippen LogP contribution in [0, 0.1) is 12.7 Å². The number of aryl methyl sites for hydroxylation is 1. The average molecular weight is 239 g/mol. The van der Waals surface area contributed by atoms with E-state index in [1.54, 1.807) is 13.0 Å². The molecule has 94 valence electrons. The summed E-state index contributed by atoms with van der Waals surface area (Å²) in [5.41, 5.74) is 1.05. The molecule has 0 fully saturated rings. The van der Waals surface area contributed by atoms with Gasteiger partial charge in [-0.15, -0.1) is 0 Å². The molecule has 1 rings (SSSR count). The maximum atomic E-state index is 13.1. The normalized spacial score (nSPS) is 12.2. The summed E-state index contributed by atoms with van der Waals surface area (Å²) in [6, 6.07) is 4.22. The first-order valence-corrected chi connectivity index (χ1v) is 5.72. The minimum atomic E-state index is -0.404. The Kier molecular flexibility index (Phi) is 5.10. The van der Waals surface area contributed by atoms with Crippen molar-refractivity contribution < 1.29 is 14.3 Å². The Labute approximate surface area is 101 Å². The van der Waals surface area contributed by atoms with Gasteiger partial charge in [-0.1, -0.05) is 0 Å². The topological polar surface area (TPSA) is 49.3 Å². The van der Waals surface area contributed by atoms with Gasteiger partial charge in [0.15, 0.2) is 0 Å². The van der Waals surface area contributed by atoms with Crippen LogP contribution in [0.2, 0.25) is 0 Å².